The fourth-order valence-corrected chi connectivity index (χ4v) is 2.91. The number of hydrogen-bond donors (Lipinski definition) is 4. The van der Waals surface area contributed by atoms with Gasteiger partial charge in [-0.2, -0.15) is 0 Å². The molecule has 0 aromatic rings. The van der Waals surface area contributed by atoms with Crippen LogP contribution in [0.1, 0.15) is 20.3 Å². The van der Waals surface area contributed by atoms with Crippen LogP contribution in [0.3, 0.4) is 0 Å². The minimum Gasteiger partial charge on any atom is -0.437 e. The summed E-state index contributed by atoms with van der Waals surface area (Å²) in [4.78, 5) is 10.5. The molecule has 0 bridgehead atoms. The molecule has 9 nitrogen and oxygen atoms in total. The first-order chi connectivity index (χ1) is 10.9. The molecular formula is C14H24O9. The third-order valence-corrected chi connectivity index (χ3v) is 4.36. The number of hydrogen-bond acceptors (Lipinski definition) is 9. The molecule has 2 aliphatic rings. The number of rotatable bonds is 6. The number of ether oxygens (including phenoxy) is 4. The molecule has 0 spiro atoms. The van der Waals surface area contributed by atoms with Gasteiger partial charge in [-0.3, -0.25) is 4.79 Å². The Hall–Kier alpha value is -0.810. The van der Waals surface area contributed by atoms with Crippen LogP contribution in [0.2, 0.25) is 0 Å². The molecule has 4 unspecified atom stereocenters. The first kappa shape index (κ1) is 18.5. The van der Waals surface area contributed by atoms with Gasteiger partial charge in [0, 0.05) is 5.92 Å². The van der Waals surface area contributed by atoms with Crippen molar-refractivity contribution < 1.29 is 44.2 Å². The third kappa shape index (κ3) is 3.66. The molecule has 0 aromatic carbocycles. The van der Waals surface area contributed by atoms with Crippen LogP contribution < -0.4 is 0 Å². The van der Waals surface area contributed by atoms with Gasteiger partial charge in [-0.15, -0.1) is 0 Å². The predicted octanol–water partition coefficient (Wildman–Crippen LogP) is -1.88. The molecule has 2 aliphatic heterocycles. The van der Waals surface area contributed by atoms with Gasteiger partial charge in [0.1, 0.15) is 24.4 Å². The summed E-state index contributed by atoms with van der Waals surface area (Å²) < 4.78 is 21.1. The Balaban J connectivity index is 2.09. The van der Waals surface area contributed by atoms with Crippen LogP contribution in [0.5, 0.6) is 0 Å². The van der Waals surface area contributed by atoms with Crippen molar-refractivity contribution in [2.45, 2.75) is 69.5 Å². The quantitative estimate of drug-likeness (QED) is 0.411. The molecule has 2 saturated heterocycles. The van der Waals surface area contributed by atoms with Crippen LogP contribution in [0, 0.1) is 5.92 Å². The summed E-state index contributed by atoms with van der Waals surface area (Å²) in [6.07, 6.45) is -7.81. The minimum absolute atomic E-state index is 0.180. The summed E-state index contributed by atoms with van der Waals surface area (Å²) in [6, 6.07) is 0. The van der Waals surface area contributed by atoms with E-state index >= 15 is 0 Å². The zero-order valence-corrected chi connectivity index (χ0v) is 13.0. The summed E-state index contributed by atoms with van der Waals surface area (Å²) in [5, 5.41) is 39.7. The summed E-state index contributed by atoms with van der Waals surface area (Å²) in [7, 11) is 0. The zero-order chi connectivity index (χ0) is 17.1. The Kier molecular flexibility index (Phi) is 6.32. The van der Waals surface area contributed by atoms with Gasteiger partial charge >= 0.3 is 0 Å². The van der Waals surface area contributed by atoms with Gasteiger partial charge in [-0.05, 0) is 6.42 Å². The van der Waals surface area contributed by atoms with E-state index in [1.54, 1.807) is 6.92 Å². The molecular weight excluding hydrogens is 312 g/mol. The van der Waals surface area contributed by atoms with Gasteiger partial charge < -0.3 is 39.4 Å². The van der Waals surface area contributed by atoms with Crippen LogP contribution in [0.15, 0.2) is 0 Å². The average Bonchev–Trinajstić information content (AvgIpc) is 2.85. The first-order valence-electron chi connectivity index (χ1n) is 7.65. The lowest BCUT2D eigenvalue weighted by atomic mass is 9.95. The standard InChI is InChI=1S/C14H24O9/c1-3-7-10(18)12(8(4-15)21-7)22-14-11(19)9(17)6(2)13(23-14)20-5-16/h5-15,17-19H,3-4H2,1-2H3/t6-,7?,8?,9-,10-,11?,12+,13?,14+/m0/s1. The second kappa shape index (κ2) is 7.84. The molecule has 4 N–H and O–H groups in total. The largest absolute Gasteiger partial charge is 0.437 e. The Labute approximate surface area is 133 Å². The molecule has 134 valence electrons. The highest BCUT2D eigenvalue weighted by atomic mass is 16.8. The van der Waals surface area contributed by atoms with Gasteiger partial charge in [0.2, 0.25) is 6.29 Å². The smallest absolute Gasteiger partial charge is 0.295 e. The van der Waals surface area contributed by atoms with Crippen molar-refractivity contribution in [3.63, 3.8) is 0 Å². The molecule has 0 aromatic heterocycles. The first-order valence-corrected chi connectivity index (χ1v) is 7.65. The van der Waals surface area contributed by atoms with Gasteiger partial charge in [0.25, 0.3) is 6.47 Å². The monoisotopic (exact) mass is 336 g/mol. The maximum atomic E-state index is 10.5. The van der Waals surface area contributed by atoms with Crippen LogP contribution in [-0.2, 0) is 23.7 Å². The van der Waals surface area contributed by atoms with E-state index in [2.05, 4.69) is 0 Å². The normalized spacial score (nSPS) is 47.5. The SMILES string of the molecule is CCC1OC(CO)[C@@H](O[C@@H]2OC(OC=O)[C@@H](C)[C@H](O)C2O)[C@H]1O. The van der Waals surface area contributed by atoms with E-state index in [-0.39, 0.29) is 13.1 Å². The van der Waals surface area contributed by atoms with Gasteiger partial charge in [0.05, 0.1) is 18.8 Å². The van der Waals surface area contributed by atoms with Crippen molar-refractivity contribution in [2.75, 3.05) is 6.61 Å². The topological polar surface area (TPSA) is 135 Å². The highest BCUT2D eigenvalue weighted by Crippen LogP contribution is 2.32. The number of aliphatic hydroxyl groups is 4. The second-order valence-corrected chi connectivity index (χ2v) is 5.84. The molecule has 9 heteroatoms. The summed E-state index contributed by atoms with van der Waals surface area (Å²) in [5.41, 5.74) is 0. The van der Waals surface area contributed by atoms with Crippen molar-refractivity contribution in [1.29, 1.82) is 0 Å². The molecule has 0 radical (unpaired) electrons. The molecule has 0 saturated carbocycles. The second-order valence-electron chi connectivity index (χ2n) is 5.84. The van der Waals surface area contributed by atoms with E-state index in [0.29, 0.717) is 6.42 Å². The van der Waals surface area contributed by atoms with E-state index in [0.717, 1.165) is 0 Å². The maximum absolute atomic E-state index is 10.5. The molecule has 2 heterocycles. The van der Waals surface area contributed by atoms with Gasteiger partial charge in [-0.1, -0.05) is 13.8 Å². The molecule has 9 atom stereocenters. The highest BCUT2D eigenvalue weighted by molar-refractivity contribution is 5.37. The van der Waals surface area contributed by atoms with Crippen molar-refractivity contribution >= 4 is 6.47 Å². The number of carbonyl (C=O) groups is 1. The minimum atomic E-state index is -1.40. The summed E-state index contributed by atoms with van der Waals surface area (Å²) >= 11 is 0. The summed E-state index contributed by atoms with van der Waals surface area (Å²) in [5.74, 6) is -0.656. The van der Waals surface area contributed by atoms with Crippen molar-refractivity contribution in [3.8, 4) is 0 Å². The Morgan fingerprint density at radius 1 is 1.04 bits per heavy atom. The van der Waals surface area contributed by atoms with Crippen LogP contribution in [-0.4, -0.2) is 82.7 Å². The van der Waals surface area contributed by atoms with Gasteiger partial charge in [-0.25, -0.2) is 0 Å². The Bertz CT molecular complexity index is 390. The Morgan fingerprint density at radius 3 is 2.30 bits per heavy atom. The lowest BCUT2D eigenvalue weighted by Gasteiger charge is -2.41. The number of aliphatic hydroxyl groups excluding tert-OH is 4. The van der Waals surface area contributed by atoms with Crippen molar-refractivity contribution in [2.24, 2.45) is 5.92 Å². The zero-order valence-electron chi connectivity index (χ0n) is 13.0. The predicted molar refractivity (Wildman–Crippen MR) is 73.9 cm³/mol. The highest BCUT2D eigenvalue weighted by Gasteiger charge is 2.49. The molecule has 2 rings (SSSR count). The number of carbonyl (C=O) groups excluding carboxylic acids is 1. The lowest BCUT2D eigenvalue weighted by Crippen LogP contribution is -2.57. The van der Waals surface area contributed by atoms with Crippen molar-refractivity contribution in [1.82, 2.24) is 0 Å². The lowest BCUT2D eigenvalue weighted by molar-refractivity contribution is -0.341. The maximum Gasteiger partial charge on any atom is 0.295 e. The van der Waals surface area contributed by atoms with E-state index in [1.807, 2.05) is 6.92 Å². The average molecular weight is 336 g/mol. The third-order valence-electron chi connectivity index (χ3n) is 4.36. The van der Waals surface area contributed by atoms with Crippen LogP contribution in [0.25, 0.3) is 0 Å². The molecule has 0 aliphatic carbocycles. The fraction of sp³-hybridized carbons (Fsp3) is 0.929. The van der Waals surface area contributed by atoms with Crippen LogP contribution in [0.4, 0.5) is 0 Å². The van der Waals surface area contributed by atoms with Crippen LogP contribution >= 0.6 is 0 Å². The van der Waals surface area contributed by atoms with Crippen molar-refractivity contribution in [3.05, 3.63) is 0 Å². The van der Waals surface area contributed by atoms with E-state index in [1.165, 1.54) is 0 Å². The van der Waals surface area contributed by atoms with E-state index in [9.17, 15) is 25.2 Å². The van der Waals surface area contributed by atoms with E-state index in [4.69, 9.17) is 18.9 Å². The molecule has 0 amide bonds. The fourth-order valence-electron chi connectivity index (χ4n) is 2.91. The summed E-state index contributed by atoms with van der Waals surface area (Å²) in [6.45, 7) is 3.17. The Morgan fingerprint density at radius 2 is 1.74 bits per heavy atom. The van der Waals surface area contributed by atoms with Gasteiger partial charge in [0.15, 0.2) is 6.29 Å². The molecule has 2 fully saturated rings. The van der Waals surface area contributed by atoms with E-state index < -0.39 is 55.1 Å². The molecule has 23 heavy (non-hydrogen) atoms.